The molecule has 0 bridgehead atoms. The molecular formula is C23H25N5O2. The molecule has 0 spiro atoms. The standard InChI is InChI=1S/C23H25N5O2/c1-15-25-21-18(14-24-28(21)23(2,3)4)22(30)27(15)13-12-20(29)26-19-11-7-9-16-8-5-6-10-17(16)19/h5-11,14H,12-13H2,1-4H3,(H,26,29). The molecule has 2 aromatic heterocycles. The smallest absolute Gasteiger partial charge is 0.264 e. The summed E-state index contributed by atoms with van der Waals surface area (Å²) in [6.07, 6.45) is 1.73. The van der Waals surface area contributed by atoms with E-state index in [0.29, 0.717) is 16.9 Å². The van der Waals surface area contributed by atoms with Gasteiger partial charge in [0.1, 0.15) is 11.2 Å². The van der Waals surface area contributed by atoms with Gasteiger partial charge >= 0.3 is 0 Å². The Morgan fingerprint density at radius 1 is 1.07 bits per heavy atom. The molecular weight excluding hydrogens is 378 g/mol. The molecule has 7 heteroatoms. The summed E-state index contributed by atoms with van der Waals surface area (Å²) in [5.74, 6) is 0.416. The quantitative estimate of drug-likeness (QED) is 0.561. The van der Waals surface area contributed by atoms with Crippen LogP contribution in [-0.4, -0.2) is 25.2 Å². The molecule has 1 N–H and O–H groups in total. The van der Waals surface area contributed by atoms with Crippen LogP contribution in [0.2, 0.25) is 0 Å². The van der Waals surface area contributed by atoms with Crippen molar-refractivity contribution < 1.29 is 4.79 Å². The number of amides is 1. The molecule has 2 heterocycles. The SMILES string of the molecule is Cc1nc2c(cnn2C(C)(C)C)c(=O)n1CCC(=O)Nc1cccc2ccccc12. The van der Waals surface area contributed by atoms with Crippen molar-refractivity contribution in [3.8, 4) is 0 Å². The van der Waals surface area contributed by atoms with Gasteiger partial charge < -0.3 is 5.32 Å². The van der Waals surface area contributed by atoms with E-state index in [1.165, 1.54) is 0 Å². The second-order valence-electron chi connectivity index (χ2n) is 8.41. The third-order valence-electron chi connectivity index (χ3n) is 5.14. The molecule has 0 unspecified atom stereocenters. The number of nitrogens with one attached hydrogen (secondary N) is 1. The minimum Gasteiger partial charge on any atom is -0.325 e. The van der Waals surface area contributed by atoms with Crippen LogP contribution in [0.25, 0.3) is 21.8 Å². The third-order valence-corrected chi connectivity index (χ3v) is 5.14. The maximum atomic E-state index is 13.0. The normalized spacial score (nSPS) is 11.9. The van der Waals surface area contributed by atoms with Gasteiger partial charge in [0.2, 0.25) is 5.91 Å². The fraction of sp³-hybridized carbons (Fsp3) is 0.304. The predicted octanol–water partition coefficient (Wildman–Crippen LogP) is 3.84. The van der Waals surface area contributed by atoms with Crippen molar-refractivity contribution in [2.75, 3.05) is 5.32 Å². The van der Waals surface area contributed by atoms with E-state index in [9.17, 15) is 9.59 Å². The lowest BCUT2D eigenvalue weighted by atomic mass is 10.1. The first-order valence-electron chi connectivity index (χ1n) is 9.99. The van der Waals surface area contributed by atoms with Gasteiger partial charge in [0.25, 0.3) is 5.56 Å². The van der Waals surface area contributed by atoms with E-state index < -0.39 is 0 Å². The van der Waals surface area contributed by atoms with Crippen LogP contribution < -0.4 is 10.9 Å². The van der Waals surface area contributed by atoms with Crippen molar-refractivity contribution in [2.45, 2.75) is 46.2 Å². The summed E-state index contributed by atoms with van der Waals surface area (Å²) in [4.78, 5) is 30.2. The van der Waals surface area contributed by atoms with E-state index in [2.05, 4.69) is 15.4 Å². The van der Waals surface area contributed by atoms with Gasteiger partial charge in [0.15, 0.2) is 5.65 Å². The summed E-state index contributed by atoms with van der Waals surface area (Å²) < 4.78 is 3.30. The number of benzene rings is 2. The lowest BCUT2D eigenvalue weighted by Gasteiger charge is -2.20. The van der Waals surface area contributed by atoms with Gasteiger partial charge in [-0.25, -0.2) is 9.67 Å². The van der Waals surface area contributed by atoms with Crippen molar-refractivity contribution in [3.05, 3.63) is 64.8 Å². The van der Waals surface area contributed by atoms with Gasteiger partial charge in [-0.3, -0.25) is 14.2 Å². The first kappa shape index (κ1) is 19.8. The summed E-state index contributed by atoms with van der Waals surface area (Å²) in [7, 11) is 0. The Bertz CT molecular complexity index is 1310. The summed E-state index contributed by atoms with van der Waals surface area (Å²) in [6, 6.07) is 13.7. The minimum absolute atomic E-state index is 0.150. The summed E-state index contributed by atoms with van der Waals surface area (Å²) >= 11 is 0. The van der Waals surface area contributed by atoms with E-state index in [4.69, 9.17) is 0 Å². The number of aromatic nitrogens is 4. The molecule has 0 atom stereocenters. The van der Waals surface area contributed by atoms with Gasteiger partial charge in [-0.2, -0.15) is 5.10 Å². The zero-order valence-electron chi connectivity index (χ0n) is 17.6. The largest absolute Gasteiger partial charge is 0.325 e. The highest BCUT2D eigenvalue weighted by Gasteiger charge is 2.21. The number of rotatable bonds is 4. The van der Waals surface area contributed by atoms with Gasteiger partial charge in [-0.15, -0.1) is 0 Å². The molecule has 2 aromatic carbocycles. The Morgan fingerprint density at radius 2 is 1.80 bits per heavy atom. The fourth-order valence-electron chi connectivity index (χ4n) is 3.62. The number of hydrogen-bond acceptors (Lipinski definition) is 4. The molecule has 4 rings (SSSR count). The van der Waals surface area contributed by atoms with Gasteiger partial charge in [0.05, 0.1) is 11.7 Å². The summed E-state index contributed by atoms with van der Waals surface area (Å²) in [5, 5.41) is 9.83. The topological polar surface area (TPSA) is 81.8 Å². The van der Waals surface area contributed by atoms with Crippen molar-refractivity contribution in [3.63, 3.8) is 0 Å². The molecule has 0 saturated carbocycles. The molecule has 0 aliphatic carbocycles. The van der Waals surface area contributed by atoms with Crippen molar-refractivity contribution in [2.24, 2.45) is 0 Å². The van der Waals surface area contributed by atoms with Crippen molar-refractivity contribution in [1.29, 1.82) is 0 Å². The van der Waals surface area contributed by atoms with Crippen LogP contribution in [0.3, 0.4) is 0 Å². The summed E-state index contributed by atoms with van der Waals surface area (Å²) in [6.45, 7) is 8.08. The highest BCUT2D eigenvalue weighted by atomic mass is 16.2. The summed E-state index contributed by atoms with van der Waals surface area (Å²) in [5.41, 5.74) is 0.882. The third kappa shape index (κ3) is 3.58. The highest BCUT2D eigenvalue weighted by molar-refractivity contribution is 6.02. The number of nitrogens with zero attached hydrogens (tertiary/aromatic N) is 4. The zero-order chi connectivity index (χ0) is 21.5. The number of hydrogen-bond donors (Lipinski definition) is 1. The molecule has 4 aromatic rings. The first-order chi connectivity index (χ1) is 14.3. The fourth-order valence-corrected chi connectivity index (χ4v) is 3.62. The lowest BCUT2D eigenvalue weighted by molar-refractivity contribution is -0.116. The molecule has 0 fully saturated rings. The minimum atomic E-state index is -0.280. The van der Waals surface area contributed by atoms with Crippen LogP contribution in [0.1, 0.15) is 33.0 Å². The average molecular weight is 403 g/mol. The monoisotopic (exact) mass is 403 g/mol. The number of aryl methyl sites for hydroxylation is 1. The molecule has 30 heavy (non-hydrogen) atoms. The molecule has 0 saturated heterocycles. The van der Waals surface area contributed by atoms with Gasteiger partial charge in [-0.05, 0) is 39.1 Å². The number of anilines is 1. The van der Waals surface area contributed by atoms with Crippen molar-refractivity contribution >= 4 is 33.4 Å². The maximum Gasteiger partial charge on any atom is 0.264 e. The Labute approximate surface area is 174 Å². The number of carbonyl (C=O) groups is 1. The number of fused-ring (bicyclic) bond motifs is 2. The van der Waals surface area contributed by atoms with Crippen molar-refractivity contribution in [1.82, 2.24) is 19.3 Å². The Balaban J connectivity index is 1.56. The molecule has 0 aliphatic rings. The van der Waals surface area contributed by atoms with Crippen LogP contribution in [0.5, 0.6) is 0 Å². The molecule has 0 aliphatic heterocycles. The number of carbonyl (C=O) groups excluding carboxylic acids is 1. The van der Waals surface area contributed by atoms with E-state index in [1.807, 2.05) is 63.2 Å². The lowest BCUT2D eigenvalue weighted by Crippen LogP contribution is -2.28. The molecule has 1 amide bonds. The van der Waals surface area contributed by atoms with E-state index in [0.717, 1.165) is 16.5 Å². The van der Waals surface area contributed by atoms with Gasteiger partial charge in [0, 0.05) is 24.0 Å². The zero-order valence-corrected chi connectivity index (χ0v) is 17.6. The average Bonchev–Trinajstić information content (AvgIpc) is 3.12. The Kier molecular flexibility index (Phi) is 4.89. The van der Waals surface area contributed by atoms with E-state index >= 15 is 0 Å². The molecule has 154 valence electrons. The maximum absolute atomic E-state index is 13.0. The van der Waals surface area contributed by atoms with Crippen LogP contribution in [-0.2, 0) is 16.9 Å². The van der Waals surface area contributed by atoms with Crippen LogP contribution in [0, 0.1) is 6.92 Å². The highest BCUT2D eigenvalue weighted by Crippen LogP contribution is 2.23. The first-order valence-corrected chi connectivity index (χ1v) is 9.99. The predicted molar refractivity (Wildman–Crippen MR) is 119 cm³/mol. The van der Waals surface area contributed by atoms with Crippen LogP contribution in [0.15, 0.2) is 53.5 Å². The van der Waals surface area contributed by atoms with Crippen LogP contribution in [0.4, 0.5) is 5.69 Å². The van der Waals surface area contributed by atoms with Gasteiger partial charge in [-0.1, -0.05) is 36.4 Å². The second kappa shape index (κ2) is 7.40. The van der Waals surface area contributed by atoms with E-state index in [-0.39, 0.29) is 30.0 Å². The van der Waals surface area contributed by atoms with E-state index in [1.54, 1.807) is 22.4 Å². The second-order valence-corrected chi connectivity index (χ2v) is 8.41. The molecule has 0 radical (unpaired) electrons. The Hall–Kier alpha value is -3.48. The molecule has 7 nitrogen and oxygen atoms in total. The van der Waals surface area contributed by atoms with Crippen LogP contribution >= 0.6 is 0 Å². The Morgan fingerprint density at radius 3 is 2.57 bits per heavy atom.